The quantitative estimate of drug-likeness (QED) is 0.117. The van der Waals surface area contributed by atoms with Crippen molar-refractivity contribution in [2.24, 2.45) is 4.99 Å². The third-order valence-corrected chi connectivity index (χ3v) is 9.59. The minimum absolute atomic E-state index is 0.0563. The Labute approximate surface area is 303 Å². The molecular formula is C41H37F6N3O3. The molecule has 1 heterocycles. The molecule has 0 fully saturated rings. The first-order valence-electron chi connectivity index (χ1n) is 16.6. The van der Waals surface area contributed by atoms with Crippen LogP contribution in [0.4, 0.5) is 37.7 Å². The SMILES string of the molecule is COc1ccc(C(NC2=NC(C)(c3cc(Nc4ccccc4C(F)(F)F)ccc3F)C(F)(F)C(C)(C)O2)(c2ccccc2)c2ccc(OC)cc2)cc1. The Kier molecular flexibility index (Phi) is 9.61. The summed E-state index contributed by atoms with van der Waals surface area (Å²) in [5.41, 5.74) is -6.21. The van der Waals surface area contributed by atoms with Crippen molar-refractivity contribution in [3.8, 4) is 11.5 Å². The summed E-state index contributed by atoms with van der Waals surface area (Å²) in [4.78, 5) is 4.46. The van der Waals surface area contributed by atoms with E-state index in [0.717, 1.165) is 25.1 Å². The third-order valence-electron chi connectivity index (χ3n) is 9.59. The summed E-state index contributed by atoms with van der Waals surface area (Å²) < 4.78 is 108. The number of hydrogen-bond acceptors (Lipinski definition) is 6. The van der Waals surface area contributed by atoms with Crippen LogP contribution in [0.5, 0.6) is 11.5 Å². The van der Waals surface area contributed by atoms with Crippen LogP contribution in [0.25, 0.3) is 0 Å². The van der Waals surface area contributed by atoms with Crippen LogP contribution in [0.2, 0.25) is 0 Å². The highest BCUT2D eigenvalue weighted by atomic mass is 19.4. The van der Waals surface area contributed by atoms with Crippen LogP contribution in [0, 0.1) is 5.82 Å². The number of benzene rings is 5. The summed E-state index contributed by atoms with van der Waals surface area (Å²) in [5.74, 6) is -3.74. The van der Waals surface area contributed by atoms with E-state index in [1.807, 2.05) is 54.6 Å². The number of methoxy groups -OCH3 is 2. The van der Waals surface area contributed by atoms with Crippen molar-refractivity contribution in [3.05, 3.63) is 155 Å². The number of alkyl halides is 5. The van der Waals surface area contributed by atoms with Gasteiger partial charge < -0.3 is 24.8 Å². The second-order valence-electron chi connectivity index (χ2n) is 13.2. The Morgan fingerprint density at radius 1 is 0.679 bits per heavy atom. The number of halogens is 6. The number of hydrogen-bond donors (Lipinski definition) is 2. The monoisotopic (exact) mass is 733 g/mol. The van der Waals surface area contributed by atoms with Crippen LogP contribution < -0.4 is 20.1 Å². The zero-order valence-electron chi connectivity index (χ0n) is 29.5. The molecule has 5 aromatic carbocycles. The van der Waals surface area contributed by atoms with Crippen molar-refractivity contribution in [1.82, 2.24) is 5.32 Å². The van der Waals surface area contributed by atoms with Gasteiger partial charge in [0.15, 0.2) is 11.1 Å². The van der Waals surface area contributed by atoms with E-state index in [2.05, 4.69) is 15.6 Å². The lowest BCUT2D eigenvalue weighted by Crippen LogP contribution is -2.64. The predicted molar refractivity (Wildman–Crippen MR) is 191 cm³/mol. The van der Waals surface area contributed by atoms with E-state index in [-0.39, 0.29) is 17.4 Å². The Hall–Kier alpha value is -5.65. The van der Waals surface area contributed by atoms with E-state index in [1.54, 1.807) is 24.3 Å². The highest BCUT2D eigenvalue weighted by molar-refractivity contribution is 5.80. The Morgan fingerprint density at radius 3 is 1.75 bits per heavy atom. The summed E-state index contributed by atoms with van der Waals surface area (Å²) >= 11 is 0. The molecule has 276 valence electrons. The van der Waals surface area contributed by atoms with Gasteiger partial charge >= 0.3 is 12.1 Å². The number of nitrogens with one attached hydrogen (secondary N) is 2. The number of para-hydroxylation sites is 1. The van der Waals surface area contributed by atoms with E-state index in [4.69, 9.17) is 14.2 Å². The fourth-order valence-corrected chi connectivity index (χ4v) is 6.69. The highest BCUT2D eigenvalue weighted by Crippen LogP contribution is 2.53. The standard InChI is InChI=1S/C41H37F6N3O3/c1-37(2)41(46,47)38(3,33-25-29(19-24-34(33)42)48-35-14-10-9-13-32(35)40(43,44)45)49-36(53-37)50-39(26-11-7-6-8-12-26,27-15-20-30(51-4)21-16-27)28-17-22-31(52-5)23-18-28/h6-25,48H,1-5H3,(H,49,50). The van der Waals surface area contributed by atoms with Gasteiger partial charge in [-0.2, -0.15) is 22.0 Å². The summed E-state index contributed by atoms with van der Waals surface area (Å²) in [7, 11) is 3.07. The first-order valence-corrected chi connectivity index (χ1v) is 16.6. The van der Waals surface area contributed by atoms with Crippen molar-refractivity contribution in [2.45, 2.75) is 49.5 Å². The molecule has 0 aliphatic carbocycles. The second-order valence-corrected chi connectivity index (χ2v) is 13.2. The largest absolute Gasteiger partial charge is 0.497 e. The van der Waals surface area contributed by atoms with E-state index in [9.17, 15) is 13.2 Å². The lowest BCUT2D eigenvalue weighted by Gasteiger charge is -2.49. The van der Waals surface area contributed by atoms with Crippen LogP contribution in [-0.2, 0) is 22.0 Å². The van der Waals surface area contributed by atoms with Crippen molar-refractivity contribution in [3.63, 3.8) is 0 Å². The van der Waals surface area contributed by atoms with E-state index in [1.165, 1.54) is 52.3 Å². The zero-order valence-corrected chi connectivity index (χ0v) is 29.5. The lowest BCUT2D eigenvalue weighted by atomic mass is 9.76. The van der Waals surface area contributed by atoms with Gasteiger partial charge in [-0.3, -0.25) is 0 Å². The van der Waals surface area contributed by atoms with Crippen LogP contribution in [0.3, 0.4) is 0 Å². The summed E-state index contributed by atoms with van der Waals surface area (Å²) in [6, 6.07) is 31.0. The normalized spacial score (nSPS) is 18.0. The van der Waals surface area contributed by atoms with Gasteiger partial charge in [-0.25, -0.2) is 9.38 Å². The number of rotatable bonds is 9. The molecule has 0 saturated carbocycles. The molecule has 0 spiro atoms. The molecule has 6 rings (SSSR count). The Balaban J connectivity index is 1.55. The molecule has 0 saturated heterocycles. The fourth-order valence-electron chi connectivity index (χ4n) is 6.69. The zero-order chi connectivity index (χ0) is 38.2. The maximum absolute atomic E-state index is 16.8. The van der Waals surface area contributed by atoms with Gasteiger partial charge in [-0.05, 0) is 92.1 Å². The number of aliphatic imine (C=N–C) groups is 1. The first kappa shape index (κ1) is 37.1. The summed E-state index contributed by atoms with van der Waals surface area (Å²) in [5, 5.41) is 6.00. The first-order chi connectivity index (χ1) is 25.1. The highest BCUT2D eigenvalue weighted by Gasteiger charge is 2.67. The number of nitrogens with zero attached hydrogens (tertiary/aromatic N) is 1. The van der Waals surface area contributed by atoms with Gasteiger partial charge in [0.05, 0.1) is 25.5 Å². The second kappa shape index (κ2) is 13.7. The van der Waals surface area contributed by atoms with Gasteiger partial charge in [-0.15, -0.1) is 0 Å². The number of ether oxygens (including phenoxy) is 3. The predicted octanol–water partition coefficient (Wildman–Crippen LogP) is 10.2. The van der Waals surface area contributed by atoms with Crippen molar-refractivity contribution in [2.75, 3.05) is 19.5 Å². The molecule has 6 nitrogen and oxygen atoms in total. The minimum atomic E-state index is -4.71. The fraction of sp³-hybridized carbons (Fsp3) is 0.244. The molecule has 53 heavy (non-hydrogen) atoms. The topological polar surface area (TPSA) is 64.1 Å². The van der Waals surface area contributed by atoms with E-state index < -0.39 is 45.7 Å². The maximum atomic E-state index is 16.8. The van der Waals surface area contributed by atoms with E-state index >= 15 is 13.2 Å². The molecule has 12 heteroatoms. The van der Waals surface area contributed by atoms with Crippen LogP contribution >= 0.6 is 0 Å². The molecule has 0 amide bonds. The number of amidine groups is 1. The Bertz CT molecular complexity index is 2060. The third kappa shape index (κ3) is 6.62. The number of anilines is 2. The molecule has 1 atom stereocenters. The smallest absolute Gasteiger partial charge is 0.418 e. The molecule has 1 aliphatic heterocycles. The van der Waals surface area contributed by atoms with Gasteiger partial charge in [-0.1, -0.05) is 66.7 Å². The van der Waals surface area contributed by atoms with Gasteiger partial charge in [0, 0.05) is 11.3 Å². The summed E-state index contributed by atoms with van der Waals surface area (Å²) in [6.07, 6.45) is -4.71. The molecule has 0 bridgehead atoms. The molecular weight excluding hydrogens is 696 g/mol. The molecule has 0 aromatic heterocycles. The molecule has 0 radical (unpaired) electrons. The van der Waals surface area contributed by atoms with Crippen LogP contribution in [-0.4, -0.2) is 31.8 Å². The molecule has 1 aliphatic rings. The van der Waals surface area contributed by atoms with Crippen molar-refractivity contribution in [1.29, 1.82) is 0 Å². The molecule has 2 N–H and O–H groups in total. The van der Waals surface area contributed by atoms with Gasteiger partial charge in [0.25, 0.3) is 6.02 Å². The summed E-state index contributed by atoms with van der Waals surface area (Å²) in [6.45, 7) is 3.42. The maximum Gasteiger partial charge on any atom is 0.418 e. The average Bonchev–Trinajstić information content (AvgIpc) is 3.14. The molecule has 1 unspecified atom stereocenters. The van der Waals surface area contributed by atoms with Gasteiger partial charge in [0.1, 0.15) is 22.9 Å². The Morgan fingerprint density at radius 2 is 1.21 bits per heavy atom. The minimum Gasteiger partial charge on any atom is -0.497 e. The van der Waals surface area contributed by atoms with Crippen LogP contribution in [0.15, 0.2) is 126 Å². The van der Waals surface area contributed by atoms with Crippen LogP contribution in [0.1, 0.15) is 48.6 Å². The average molecular weight is 734 g/mol. The van der Waals surface area contributed by atoms with Gasteiger partial charge in [0.2, 0.25) is 0 Å². The van der Waals surface area contributed by atoms with Crippen molar-refractivity contribution < 1.29 is 40.6 Å². The molecule has 5 aromatic rings. The van der Waals surface area contributed by atoms with E-state index in [0.29, 0.717) is 28.2 Å². The lowest BCUT2D eigenvalue weighted by molar-refractivity contribution is -0.209. The van der Waals surface area contributed by atoms with Crippen molar-refractivity contribution >= 4 is 17.4 Å².